The smallest absolute Gasteiger partial charge is 0.264 e. The minimum Gasteiger partial charge on any atom is -0.457 e. The summed E-state index contributed by atoms with van der Waals surface area (Å²) in [6.45, 7) is 7.01. The fourth-order valence-electron chi connectivity index (χ4n) is 4.84. The van der Waals surface area contributed by atoms with E-state index in [0.29, 0.717) is 34.9 Å². The fourth-order valence-corrected chi connectivity index (χ4v) is 6.45. The molecule has 46 heavy (non-hydrogen) atoms. The molecule has 242 valence electrons. The van der Waals surface area contributed by atoms with Gasteiger partial charge in [-0.1, -0.05) is 79.5 Å². The molecular formula is C36H40ClN3O5S. The molecular weight excluding hydrogens is 622 g/mol. The van der Waals surface area contributed by atoms with Crippen LogP contribution in [0, 0.1) is 6.92 Å². The number of amides is 2. The summed E-state index contributed by atoms with van der Waals surface area (Å²) in [7, 11) is -4.21. The van der Waals surface area contributed by atoms with Crippen molar-refractivity contribution in [3.63, 3.8) is 0 Å². The van der Waals surface area contributed by atoms with E-state index in [0.717, 1.165) is 9.87 Å². The average Bonchev–Trinajstić information content (AvgIpc) is 3.05. The molecule has 10 heteroatoms. The van der Waals surface area contributed by atoms with Crippen molar-refractivity contribution in [2.75, 3.05) is 10.8 Å². The maximum Gasteiger partial charge on any atom is 0.264 e. The highest BCUT2D eigenvalue weighted by molar-refractivity contribution is 7.92. The molecule has 0 aliphatic carbocycles. The molecule has 0 spiro atoms. The summed E-state index contributed by atoms with van der Waals surface area (Å²) >= 11 is 6.49. The van der Waals surface area contributed by atoms with E-state index in [1.807, 2.05) is 58.0 Å². The van der Waals surface area contributed by atoms with Crippen LogP contribution in [0.3, 0.4) is 0 Å². The van der Waals surface area contributed by atoms with Gasteiger partial charge in [-0.3, -0.25) is 13.9 Å². The molecule has 0 radical (unpaired) electrons. The summed E-state index contributed by atoms with van der Waals surface area (Å²) in [6.07, 6.45) is 1.03. The Balaban J connectivity index is 1.73. The standard InChI is InChI=1S/C36H40ClN3O5S/c1-5-27(4)38-36(42)34(6-2)39(24-28-12-10-11-15-33(28)37)35(41)25-40(46(43,44)32-22-16-26(3)17-23-32)29-18-20-31(21-19-29)45-30-13-8-7-9-14-30/h7-23,27,34H,5-6,24-25H2,1-4H3,(H,38,42). The van der Waals surface area contributed by atoms with Crippen molar-refractivity contribution >= 4 is 39.1 Å². The lowest BCUT2D eigenvalue weighted by atomic mass is 10.1. The Morgan fingerprint density at radius 2 is 1.43 bits per heavy atom. The molecule has 0 saturated heterocycles. The Morgan fingerprint density at radius 3 is 2.04 bits per heavy atom. The van der Waals surface area contributed by atoms with Gasteiger partial charge < -0.3 is 15.0 Å². The second kappa shape index (κ2) is 15.8. The van der Waals surface area contributed by atoms with E-state index >= 15 is 0 Å². The van der Waals surface area contributed by atoms with E-state index in [1.54, 1.807) is 60.7 Å². The molecule has 4 aromatic carbocycles. The Hall–Kier alpha value is -4.34. The Labute approximate surface area is 277 Å². The molecule has 0 fully saturated rings. The minimum absolute atomic E-state index is 0.0210. The van der Waals surface area contributed by atoms with Crippen molar-refractivity contribution in [1.82, 2.24) is 10.2 Å². The highest BCUT2D eigenvalue weighted by atomic mass is 35.5. The van der Waals surface area contributed by atoms with Gasteiger partial charge in [0.05, 0.1) is 10.6 Å². The largest absolute Gasteiger partial charge is 0.457 e. The minimum atomic E-state index is -4.21. The summed E-state index contributed by atoms with van der Waals surface area (Å²) in [5.41, 5.74) is 1.81. The highest BCUT2D eigenvalue weighted by Crippen LogP contribution is 2.29. The van der Waals surface area contributed by atoms with Crippen molar-refractivity contribution in [1.29, 1.82) is 0 Å². The lowest BCUT2D eigenvalue weighted by Gasteiger charge is -2.34. The topological polar surface area (TPSA) is 96.0 Å². The lowest BCUT2D eigenvalue weighted by molar-refractivity contribution is -0.140. The van der Waals surface area contributed by atoms with Gasteiger partial charge in [0.15, 0.2) is 0 Å². The van der Waals surface area contributed by atoms with Crippen LogP contribution in [-0.2, 0) is 26.2 Å². The Morgan fingerprint density at radius 1 is 0.826 bits per heavy atom. The predicted molar refractivity (Wildman–Crippen MR) is 183 cm³/mol. The first kappa shape index (κ1) is 34.5. The van der Waals surface area contributed by atoms with Gasteiger partial charge in [-0.25, -0.2) is 8.42 Å². The molecule has 0 saturated carbocycles. The maximum atomic E-state index is 14.3. The van der Waals surface area contributed by atoms with Crippen molar-refractivity contribution in [2.24, 2.45) is 0 Å². The van der Waals surface area contributed by atoms with E-state index in [1.165, 1.54) is 17.0 Å². The van der Waals surface area contributed by atoms with E-state index in [4.69, 9.17) is 16.3 Å². The predicted octanol–water partition coefficient (Wildman–Crippen LogP) is 7.36. The number of nitrogens with one attached hydrogen (secondary N) is 1. The van der Waals surface area contributed by atoms with Gasteiger partial charge in [0, 0.05) is 17.6 Å². The molecule has 0 heterocycles. The first-order valence-electron chi connectivity index (χ1n) is 15.3. The van der Waals surface area contributed by atoms with Crippen LogP contribution in [0.2, 0.25) is 5.02 Å². The number of rotatable bonds is 14. The third kappa shape index (κ3) is 8.68. The first-order chi connectivity index (χ1) is 22.0. The monoisotopic (exact) mass is 661 g/mol. The van der Waals surface area contributed by atoms with Crippen LogP contribution in [0.5, 0.6) is 11.5 Å². The van der Waals surface area contributed by atoms with Crippen LogP contribution in [0.4, 0.5) is 5.69 Å². The number of hydrogen-bond acceptors (Lipinski definition) is 5. The van der Waals surface area contributed by atoms with Crippen LogP contribution < -0.4 is 14.4 Å². The lowest BCUT2D eigenvalue weighted by Crippen LogP contribution is -2.53. The third-order valence-corrected chi connectivity index (χ3v) is 9.83. The molecule has 4 aromatic rings. The molecule has 0 bridgehead atoms. The van der Waals surface area contributed by atoms with E-state index < -0.39 is 28.5 Å². The van der Waals surface area contributed by atoms with Crippen molar-refractivity contribution in [2.45, 2.75) is 64.1 Å². The normalized spacial score (nSPS) is 12.5. The molecule has 2 amide bonds. The zero-order valence-electron chi connectivity index (χ0n) is 26.5. The van der Waals surface area contributed by atoms with Gasteiger partial charge in [0.25, 0.3) is 10.0 Å². The van der Waals surface area contributed by atoms with Crippen LogP contribution in [0.1, 0.15) is 44.7 Å². The van der Waals surface area contributed by atoms with Gasteiger partial charge in [-0.05, 0) is 86.8 Å². The first-order valence-corrected chi connectivity index (χ1v) is 17.1. The summed E-state index contributed by atoms with van der Waals surface area (Å²) in [5, 5.41) is 3.42. The molecule has 2 atom stereocenters. The molecule has 8 nitrogen and oxygen atoms in total. The van der Waals surface area contributed by atoms with Crippen LogP contribution in [0.15, 0.2) is 108 Å². The Kier molecular flexibility index (Phi) is 11.8. The van der Waals surface area contributed by atoms with Crippen LogP contribution in [0.25, 0.3) is 0 Å². The van der Waals surface area contributed by atoms with Crippen LogP contribution >= 0.6 is 11.6 Å². The quantitative estimate of drug-likeness (QED) is 0.152. The van der Waals surface area contributed by atoms with E-state index in [9.17, 15) is 18.0 Å². The fraction of sp³-hybridized carbons (Fsp3) is 0.278. The molecule has 4 rings (SSSR count). The zero-order valence-corrected chi connectivity index (χ0v) is 28.1. The number of halogens is 1. The van der Waals surface area contributed by atoms with Crippen molar-refractivity contribution in [3.05, 3.63) is 119 Å². The second-order valence-corrected chi connectivity index (χ2v) is 13.4. The number of carbonyl (C=O) groups is 2. The second-order valence-electron chi connectivity index (χ2n) is 11.1. The van der Waals surface area contributed by atoms with Crippen molar-refractivity contribution in [3.8, 4) is 11.5 Å². The highest BCUT2D eigenvalue weighted by Gasteiger charge is 2.34. The number of aryl methyl sites for hydroxylation is 1. The SMILES string of the molecule is CCC(C)NC(=O)C(CC)N(Cc1ccccc1Cl)C(=O)CN(c1ccc(Oc2ccccc2)cc1)S(=O)(=O)c1ccc(C)cc1. The van der Waals surface area contributed by atoms with E-state index in [-0.39, 0.29) is 29.1 Å². The van der Waals surface area contributed by atoms with Crippen LogP contribution in [-0.4, -0.2) is 43.8 Å². The molecule has 0 aromatic heterocycles. The number of nitrogens with zero attached hydrogens (tertiary/aromatic N) is 2. The molecule has 0 aliphatic heterocycles. The third-order valence-electron chi connectivity index (χ3n) is 7.68. The van der Waals surface area contributed by atoms with Gasteiger partial charge in [0.1, 0.15) is 24.1 Å². The molecule has 1 N–H and O–H groups in total. The summed E-state index contributed by atoms with van der Waals surface area (Å²) < 4.78 is 35.3. The number of anilines is 1. The van der Waals surface area contributed by atoms with E-state index in [2.05, 4.69) is 5.32 Å². The van der Waals surface area contributed by atoms with Crippen molar-refractivity contribution < 1.29 is 22.7 Å². The summed E-state index contributed by atoms with van der Waals surface area (Å²) in [6, 6.07) is 28.3. The number of para-hydroxylation sites is 1. The van der Waals surface area contributed by atoms with Gasteiger partial charge in [-0.15, -0.1) is 0 Å². The summed E-state index contributed by atoms with van der Waals surface area (Å²) in [5.74, 6) is 0.270. The zero-order chi connectivity index (χ0) is 33.3. The van der Waals surface area contributed by atoms with Gasteiger partial charge in [-0.2, -0.15) is 0 Å². The number of ether oxygens (including phenoxy) is 1. The average molecular weight is 662 g/mol. The molecule has 0 aliphatic rings. The maximum absolute atomic E-state index is 14.3. The van der Waals surface area contributed by atoms with Gasteiger partial charge in [0.2, 0.25) is 11.8 Å². The molecule has 2 unspecified atom stereocenters. The number of carbonyl (C=O) groups excluding carboxylic acids is 2. The van der Waals surface area contributed by atoms with Gasteiger partial charge >= 0.3 is 0 Å². The number of hydrogen-bond donors (Lipinski definition) is 1. The Bertz CT molecular complexity index is 1720. The number of benzene rings is 4. The summed E-state index contributed by atoms with van der Waals surface area (Å²) in [4.78, 5) is 29.2. The number of sulfonamides is 1.